The third-order valence-corrected chi connectivity index (χ3v) is 5.62. The predicted octanol–water partition coefficient (Wildman–Crippen LogP) is 0.378. The average molecular weight is 365 g/mol. The number of urea groups is 1. The molecule has 134 valence electrons. The molecule has 10 heteroatoms. The number of aromatic nitrogens is 2. The zero-order valence-electron chi connectivity index (χ0n) is 13.4. The highest BCUT2D eigenvalue weighted by Crippen LogP contribution is 2.13. The molecule has 0 aliphatic carbocycles. The van der Waals surface area contributed by atoms with Gasteiger partial charge in [0.25, 0.3) is 0 Å². The molecule has 1 aromatic heterocycles. The lowest BCUT2D eigenvalue weighted by Gasteiger charge is -2.11. The van der Waals surface area contributed by atoms with Gasteiger partial charge in [0, 0.05) is 19.0 Å². The van der Waals surface area contributed by atoms with E-state index in [1.54, 1.807) is 0 Å². The van der Waals surface area contributed by atoms with Gasteiger partial charge in [-0.2, -0.15) is 0 Å². The number of rotatable bonds is 5. The van der Waals surface area contributed by atoms with Gasteiger partial charge in [0.2, 0.25) is 11.9 Å². The normalized spacial score (nSPS) is 18.8. The van der Waals surface area contributed by atoms with E-state index in [1.165, 1.54) is 0 Å². The Labute approximate surface area is 144 Å². The summed E-state index contributed by atoms with van der Waals surface area (Å²) in [5, 5.41) is 7.77. The first-order valence-electron chi connectivity index (χ1n) is 7.91. The van der Waals surface area contributed by atoms with Gasteiger partial charge in [-0.1, -0.05) is 12.1 Å². The van der Waals surface area contributed by atoms with Gasteiger partial charge in [0.05, 0.1) is 22.5 Å². The highest BCUT2D eigenvalue weighted by atomic mass is 32.2. The minimum Gasteiger partial charge on any atom is -0.338 e. The summed E-state index contributed by atoms with van der Waals surface area (Å²) in [6.07, 6.45) is 0.496. The molecule has 2 aromatic rings. The first-order valence-corrected chi connectivity index (χ1v) is 9.73. The summed E-state index contributed by atoms with van der Waals surface area (Å²) in [4.78, 5) is 30.8. The second-order valence-electron chi connectivity index (χ2n) is 5.90. The van der Waals surface area contributed by atoms with Crippen LogP contribution in [0, 0.1) is 0 Å². The van der Waals surface area contributed by atoms with Crippen LogP contribution in [0.25, 0.3) is 11.0 Å². The zero-order chi connectivity index (χ0) is 17.9. The Balaban J connectivity index is 1.39. The van der Waals surface area contributed by atoms with Crippen molar-refractivity contribution in [1.82, 2.24) is 20.6 Å². The van der Waals surface area contributed by atoms with Crippen LogP contribution in [0.15, 0.2) is 24.3 Å². The van der Waals surface area contributed by atoms with Crippen LogP contribution >= 0.6 is 0 Å². The lowest BCUT2D eigenvalue weighted by Crippen LogP contribution is -2.43. The van der Waals surface area contributed by atoms with Crippen molar-refractivity contribution in [1.29, 1.82) is 0 Å². The summed E-state index contributed by atoms with van der Waals surface area (Å²) in [7, 11) is -3.04. The molecule has 9 nitrogen and oxygen atoms in total. The SMILES string of the molecule is O=C(CCNC(=O)N[C@@H]1CCS(=O)(=O)C1)Nc1nc2ccccc2[nH]1. The van der Waals surface area contributed by atoms with Crippen LogP contribution in [-0.4, -0.2) is 54.4 Å². The van der Waals surface area contributed by atoms with Gasteiger partial charge < -0.3 is 15.6 Å². The Morgan fingerprint density at radius 3 is 2.80 bits per heavy atom. The van der Waals surface area contributed by atoms with Crippen LogP contribution in [0.2, 0.25) is 0 Å². The number of nitrogens with one attached hydrogen (secondary N) is 4. The van der Waals surface area contributed by atoms with E-state index in [4.69, 9.17) is 0 Å². The molecule has 0 radical (unpaired) electrons. The Morgan fingerprint density at radius 1 is 1.28 bits per heavy atom. The molecule has 0 spiro atoms. The molecule has 1 aliphatic heterocycles. The maximum absolute atomic E-state index is 11.9. The number of carbonyl (C=O) groups is 2. The molecule has 4 N–H and O–H groups in total. The van der Waals surface area contributed by atoms with E-state index in [-0.39, 0.29) is 36.4 Å². The quantitative estimate of drug-likeness (QED) is 0.608. The van der Waals surface area contributed by atoms with Crippen LogP contribution in [-0.2, 0) is 14.6 Å². The van der Waals surface area contributed by atoms with Gasteiger partial charge >= 0.3 is 6.03 Å². The largest absolute Gasteiger partial charge is 0.338 e. The predicted molar refractivity (Wildman–Crippen MR) is 92.9 cm³/mol. The third kappa shape index (κ3) is 4.69. The third-order valence-electron chi connectivity index (χ3n) is 3.85. The van der Waals surface area contributed by atoms with Crippen molar-refractivity contribution in [3.63, 3.8) is 0 Å². The van der Waals surface area contributed by atoms with Crippen LogP contribution < -0.4 is 16.0 Å². The standard InChI is InChI=1S/C15H19N5O4S/c21-13(20-14-18-11-3-1-2-4-12(11)19-14)5-7-16-15(22)17-10-6-8-25(23,24)9-10/h1-4,10H,5-9H2,(H2,16,17,22)(H2,18,19,20,21)/t10-/m1/s1. The number of para-hydroxylation sites is 2. The van der Waals surface area contributed by atoms with Gasteiger partial charge in [0.1, 0.15) is 0 Å². The number of nitrogens with zero attached hydrogens (tertiary/aromatic N) is 1. The molecule has 0 bridgehead atoms. The highest BCUT2D eigenvalue weighted by molar-refractivity contribution is 7.91. The molecule has 1 saturated heterocycles. The Morgan fingerprint density at radius 2 is 2.08 bits per heavy atom. The molecule has 1 atom stereocenters. The van der Waals surface area contributed by atoms with Crippen LogP contribution in [0.5, 0.6) is 0 Å². The fourth-order valence-electron chi connectivity index (χ4n) is 2.64. The van der Waals surface area contributed by atoms with Crippen molar-refractivity contribution in [2.45, 2.75) is 18.9 Å². The number of hydrogen-bond acceptors (Lipinski definition) is 5. The molecule has 2 heterocycles. The molecule has 0 unspecified atom stereocenters. The van der Waals surface area contributed by atoms with E-state index in [0.29, 0.717) is 12.4 Å². The number of benzene rings is 1. The molecular weight excluding hydrogens is 346 g/mol. The van der Waals surface area contributed by atoms with Crippen LogP contribution in [0.3, 0.4) is 0 Å². The first-order chi connectivity index (χ1) is 11.9. The fourth-order valence-corrected chi connectivity index (χ4v) is 4.31. The second-order valence-corrected chi connectivity index (χ2v) is 8.13. The number of carbonyl (C=O) groups excluding carboxylic acids is 2. The van der Waals surface area contributed by atoms with Crippen molar-refractivity contribution in [2.24, 2.45) is 0 Å². The van der Waals surface area contributed by atoms with Crippen molar-refractivity contribution in [2.75, 3.05) is 23.4 Å². The topological polar surface area (TPSA) is 133 Å². The Kier molecular flexibility index (Phi) is 4.88. The number of fused-ring (bicyclic) bond motifs is 1. The molecule has 3 amide bonds. The number of sulfone groups is 1. The molecule has 25 heavy (non-hydrogen) atoms. The van der Waals surface area contributed by atoms with Gasteiger partial charge in [-0.05, 0) is 18.6 Å². The number of hydrogen-bond donors (Lipinski definition) is 4. The minimum atomic E-state index is -3.04. The summed E-state index contributed by atoms with van der Waals surface area (Å²) >= 11 is 0. The number of amides is 3. The van der Waals surface area contributed by atoms with E-state index in [9.17, 15) is 18.0 Å². The molecule has 0 saturated carbocycles. The molecule has 1 aliphatic rings. The van der Waals surface area contributed by atoms with Crippen molar-refractivity contribution < 1.29 is 18.0 Å². The molecule has 1 fully saturated rings. The van der Waals surface area contributed by atoms with Gasteiger partial charge in [-0.15, -0.1) is 0 Å². The van der Waals surface area contributed by atoms with E-state index in [0.717, 1.165) is 11.0 Å². The lowest BCUT2D eigenvalue weighted by atomic mass is 10.3. The summed E-state index contributed by atoms with van der Waals surface area (Å²) in [5.41, 5.74) is 1.57. The zero-order valence-corrected chi connectivity index (χ0v) is 14.2. The fraction of sp³-hybridized carbons (Fsp3) is 0.400. The van der Waals surface area contributed by atoms with E-state index >= 15 is 0 Å². The Hall–Kier alpha value is -2.62. The van der Waals surface area contributed by atoms with Crippen LogP contribution in [0.4, 0.5) is 10.7 Å². The summed E-state index contributed by atoms with van der Waals surface area (Å²) in [6.45, 7) is 0.136. The summed E-state index contributed by atoms with van der Waals surface area (Å²) < 4.78 is 22.7. The van der Waals surface area contributed by atoms with E-state index < -0.39 is 15.9 Å². The van der Waals surface area contributed by atoms with Crippen LogP contribution in [0.1, 0.15) is 12.8 Å². The lowest BCUT2D eigenvalue weighted by molar-refractivity contribution is -0.116. The van der Waals surface area contributed by atoms with E-state index in [2.05, 4.69) is 25.9 Å². The molecule has 3 rings (SSSR count). The number of H-pyrrole nitrogens is 1. The number of anilines is 1. The van der Waals surface area contributed by atoms with Gasteiger partial charge in [0.15, 0.2) is 9.84 Å². The average Bonchev–Trinajstić information content (AvgIpc) is 3.09. The number of imidazole rings is 1. The molecule has 1 aromatic carbocycles. The van der Waals surface area contributed by atoms with E-state index in [1.807, 2.05) is 24.3 Å². The minimum absolute atomic E-state index is 0.0348. The highest BCUT2D eigenvalue weighted by Gasteiger charge is 2.28. The summed E-state index contributed by atoms with van der Waals surface area (Å²) in [6, 6.07) is 6.56. The smallest absolute Gasteiger partial charge is 0.315 e. The van der Waals surface area contributed by atoms with Gasteiger partial charge in [-0.3, -0.25) is 10.1 Å². The maximum atomic E-state index is 11.9. The monoisotopic (exact) mass is 365 g/mol. The van der Waals surface area contributed by atoms with Crippen molar-refractivity contribution in [3.8, 4) is 0 Å². The summed E-state index contributed by atoms with van der Waals surface area (Å²) in [5.74, 6) is 0.125. The Bertz CT molecular complexity index is 859. The van der Waals surface area contributed by atoms with Gasteiger partial charge in [-0.25, -0.2) is 18.2 Å². The second kappa shape index (κ2) is 7.09. The first kappa shape index (κ1) is 17.2. The maximum Gasteiger partial charge on any atom is 0.315 e. The van der Waals surface area contributed by atoms with Crippen molar-refractivity contribution in [3.05, 3.63) is 24.3 Å². The van der Waals surface area contributed by atoms with Crippen molar-refractivity contribution >= 4 is 38.8 Å². The molecular formula is C15H19N5O4S. The number of aromatic amines is 1.